The molecule has 1 fully saturated rings. The topological polar surface area (TPSA) is 54.5 Å². The number of ether oxygens (including phenoxy) is 2. The SMILES string of the molecule is C=C1C(OC)=CN(c2ccc(N3CCOCC3)c(F)c2F)C=C1C(=O)N(C)OC. The summed E-state index contributed by atoms with van der Waals surface area (Å²) < 4.78 is 40.3. The van der Waals surface area contributed by atoms with Crippen molar-refractivity contribution in [2.75, 3.05) is 57.4 Å². The minimum absolute atomic E-state index is 0.0630. The third-order valence-electron chi connectivity index (χ3n) is 4.83. The van der Waals surface area contributed by atoms with Crippen LogP contribution in [-0.2, 0) is 19.1 Å². The van der Waals surface area contributed by atoms with E-state index >= 15 is 0 Å². The molecule has 2 heterocycles. The lowest BCUT2D eigenvalue weighted by Gasteiger charge is -2.31. The minimum atomic E-state index is -1.03. The van der Waals surface area contributed by atoms with E-state index in [0.29, 0.717) is 31.9 Å². The maximum absolute atomic E-state index is 15.0. The summed E-state index contributed by atoms with van der Waals surface area (Å²) in [4.78, 5) is 20.5. The second-order valence-electron chi connectivity index (χ2n) is 6.44. The molecular formula is C20H23F2N3O4. The van der Waals surface area contributed by atoms with E-state index in [9.17, 15) is 13.6 Å². The summed E-state index contributed by atoms with van der Waals surface area (Å²) in [6.45, 7) is 5.73. The third-order valence-corrected chi connectivity index (χ3v) is 4.83. The average Bonchev–Trinajstić information content (AvgIpc) is 2.75. The molecule has 2 aliphatic heterocycles. The van der Waals surface area contributed by atoms with Crippen molar-refractivity contribution in [2.24, 2.45) is 0 Å². The van der Waals surface area contributed by atoms with Gasteiger partial charge in [0.2, 0.25) is 0 Å². The third kappa shape index (κ3) is 3.96. The van der Waals surface area contributed by atoms with Gasteiger partial charge in [0.1, 0.15) is 5.76 Å². The molecule has 7 nitrogen and oxygen atoms in total. The zero-order chi connectivity index (χ0) is 21.1. The second-order valence-corrected chi connectivity index (χ2v) is 6.44. The maximum atomic E-state index is 15.0. The summed E-state index contributed by atoms with van der Waals surface area (Å²) in [5, 5.41) is 1.01. The molecule has 9 heteroatoms. The molecule has 1 amide bonds. The Kier molecular flexibility index (Phi) is 6.19. The Morgan fingerprint density at radius 2 is 1.76 bits per heavy atom. The number of carbonyl (C=O) groups is 1. The standard InChI is InChI=1S/C20H23F2N3O4/c1-13-14(20(26)23(2)28-4)11-25(12-17(13)27-3)16-6-5-15(18(21)19(16)22)24-7-9-29-10-8-24/h5-6,11-12H,1,7-10H2,2-4H3. The lowest BCUT2D eigenvalue weighted by molar-refractivity contribution is -0.163. The molecule has 1 aromatic carbocycles. The van der Waals surface area contributed by atoms with Crippen molar-refractivity contribution in [3.05, 3.63) is 59.7 Å². The molecule has 1 saturated heterocycles. The molecule has 3 rings (SSSR count). The van der Waals surface area contributed by atoms with Gasteiger partial charge < -0.3 is 19.3 Å². The van der Waals surface area contributed by atoms with Crippen molar-refractivity contribution >= 4 is 17.3 Å². The van der Waals surface area contributed by atoms with Crippen molar-refractivity contribution < 1.29 is 27.9 Å². The summed E-state index contributed by atoms with van der Waals surface area (Å²) in [5.41, 5.74) is 0.549. The molecule has 156 valence electrons. The van der Waals surface area contributed by atoms with Crippen LogP contribution in [-0.4, -0.2) is 58.5 Å². The van der Waals surface area contributed by atoms with E-state index in [1.165, 1.54) is 50.7 Å². The summed E-state index contributed by atoms with van der Waals surface area (Å²) in [6, 6.07) is 2.97. The van der Waals surface area contributed by atoms with Crippen LogP contribution in [0.3, 0.4) is 0 Å². The number of amides is 1. The normalized spacial score (nSPS) is 17.1. The number of allylic oxidation sites excluding steroid dienone is 1. The lowest BCUT2D eigenvalue weighted by atomic mass is 10.0. The highest BCUT2D eigenvalue weighted by Crippen LogP contribution is 2.34. The number of hydrogen-bond donors (Lipinski definition) is 0. The Labute approximate surface area is 168 Å². The largest absolute Gasteiger partial charge is 0.495 e. The van der Waals surface area contributed by atoms with Crippen molar-refractivity contribution in [1.29, 1.82) is 0 Å². The van der Waals surface area contributed by atoms with E-state index < -0.39 is 17.5 Å². The predicted molar refractivity (Wildman–Crippen MR) is 104 cm³/mol. The number of likely N-dealkylation sites (N-methyl/N-ethyl adjacent to an activating group) is 1. The van der Waals surface area contributed by atoms with Crippen LogP contribution in [0.15, 0.2) is 48.0 Å². The van der Waals surface area contributed by atoms with Gasteiger partial charge in [-0.2, -0.15) is 0 Å². The van der Waals surface area contributed by atoms with Gasteiger partial charge >= 0.3 is 0 Å². The number of rotatable bonds is 5. The Morgan fingerprint density at radius 1 is 1.14 bits per heavy atom. The van der Waals surface area contributed by atoms with Crippen LogP contribution < -0.4 is 9.80 Å². The van der Waals surface area contributed by atoms with Crippen molar-refractivity contribution in [3.63, 3.8) is 0 Å². The molecule has 0 N–H and O–H groups in total. The zero-order valence-corrected chi connectivity index (χ0v) is 16.6. The summed E-state index contributed by atoms with van der Waals surface area (Å²) in [5.74, 6) is -2.25. The molecule has 0 unspecified atom stereocenters. The van der Waals surface area contributed by atoms with E-state index in [2.05, 4.69) is 6.58 Å². The van der Waals surface area contributed by atoms with Crippen molar-refractivity contribution in [2.45, 2.75) is 0 Å². The van der Waals surface area contributed by atoms with Crippen LogP contribution in [0.1, 0.15) is 0 Å². The molecule has 1 aromatic rings. The Balaban J connectivity index is 2.00. The van der Waals surface area contributed by atoms with E-state index in [1.54, 1.807) is 4.90 Å². The summed E-state index contributed by atoms with van der Waals surface area (Å²) in [7, 11) is 4.18. The van der Waals surface area contributed by atoms with Crippen LogP contribution >= 0.6 is 0 Å². The zero-order valence-electron chi connectivity index (χ0n) is 16.6. The van der Waals surface area contributed by atoms with E-state index in [1.807, 2.05) is 0 Å². The molecule has 0 saturated carbocycles. The number of nitrogens with zero attached hydrogens (tertiary/aromatic N) is 3. The number of benzene rings is 1. The fourth-order valence-corrected chi connectivity index (χ4v) is 3.12. The molecule has 0 aromatic heterocycles. The van der Waals surface area contributed by atoms with Gasteiger partial charge in [-0.3, -0.25) is 9.63 Å². The summed E-state index contributed by atoms with van der Waals surface area (Å²) in [6.07, 6.45) is 2.81. The van der Waals surface area contributed by atoms with Crippen LogP contribution in [0, 0.1) is 11.6 Å². The number of methoxy groups -OCH3 is 1. The quantitative estimate of drug-likeness (QED) is 0.700. The van der Waals surface area contributed by atoms with E-state index in [0.717, 1.165) is 5.06 Å². The lowest BCUT2D eigenvalue weighted by Crippen LogP contribution is -2.37. The highest BCUT2D eigenvalue weighted by atomic mass is 19.2. The van der Waals surface area contributed by atoms with Crippen LogP contribution in [0.5, 0.6) is 0 Å². The van der Waals surface area contributed by atoms with Gasteiger partial charge in [-0.05, 0) is 12.1 Å². The fraction of sp³-hybridized carbons (Fsp3) is 0.350. The Morgan fingerprint density at radius 3 is 2.38 bits per heavy atom. The number of hydroxylamine groups is 2. The van der Waals surface area contributed by atoms with Gasteiger partial charge in [0, 0.05) is 31.9 Å². The molecule has 0 atom stereocenters. The molecule has 0 aliphatic carbocycles. The molecule has 29 heavy (non-hydrogen) atoms. The number of carbonyl (C=O) groups excluding carboxylic acids is 1. The van der Waals surface area contributed by atoms with E-state index in [-0.39, 0.29) is 22.7 Å². The van der Waals surface area contributed by atoms with Gasteiger partial charge in [-0.1, -0.05) is 6.58 Å². The summed E-state index contributed by atoms with van der Waals surface area (Å²) >= 11 is 0. The second kappa shape index (κ2) is 8.62. The monoisotopic (exact) mass is 407 g/mol. The van der Waals surface area contributed by atoms with Crippen molar-refractivity contribution in [3.8, 4) is 0 Å². The molecular weight excluding hydrogens is 384 g/mol. The first-order chi connectivity index (χ1) is 13.9. The van der Waals surface area contributed by atoms with Crippen LogP contribution in [0.4, 0.5) is 20.2 Å². The van der Waals surface area contributed by atoms with E-state index in [4.69, 9.17) is 14.3 Å². The fourth-order valence-electron chi connectivity index (χ4n) is 3.12. The van der Waals surface area contributed by atoms with Gasteiger partial charge in [-0.25, -0.2) is 13.8 Å². The van der Waals surface area contributed by atoms with Gasteiger partial charge in [0.05, 0.1) is 50.6 Å². The van der Waals surface area contributed by atoms with Crippen LogP contribution in [0.2, 0.25) is 0 Å². The molecule has 0 radical (unpaired) electrons. The Hall–Kier alpha value is -2.91. The number of hydrogen-bond acceptors (Lipinski definition) is 6. The smallest absolute Gasteiger partial charge is 0.279 e. The molecule has 0 spiro atoms. The predicted octanol–water partition coefficient (Wildman–Crippen LogP) is 2.57. The van der Waals surface area contributed by atoms with Gasteiger partial charge in [-0.15, -0.1) is 0 Å². The van der Waals surface area contributed by atoms with Crippen LogP contribution in [0.25, 0.3) is 0 Å². The first-order valence-electron chi connectivity index (χ1n) is 8.97. The van der Waals surface area contributed by atoms with Crippen molar-refractivity contribution in [1.82, 2.24) is 5.06 Å². The molecule has 2 aliphatic rings. The first kappa shape index (κ1) is 20.8. The highest BCUT2D eigenvalue weighted by Gasteiger charge is 2.28. The van der Waals surface area contributed by atoms with Gasteiger partial charge in [0.25, 0.3) is 5.91 Å². The number of morpholine rings is 1. The number of halogens is 2. The maximum Gasteiger partial charge on any atom is 0.279 e. The van der Waals surface area contributed by atoms with Gasteiger partial charge in [0.15, 0.2) is 11.6 Å². The first-order valence-corrected chi connectivity index (χ1v) is 8.97. The highest BCUT2D eigenvalue weighted by molar-refractivity contribution is 5.99. The number of anilines is 2. The minimum Gasteiger partial charge on any atom is -0.495 e. The Bertz CT molecular complexity index is 879. The molecule has 0 bridgehead atoms. The average molecular weight is 407 g/mol.